The van der Waals surface area contributed by atoms with E-state index in [0.29, 0.717) is 23.7 Å². The van der Waals surface area contributed by atoms with Crippen LogP contribution in [-0.2, 0) is 4.74 Å². The Kier molecular flexibility index (Phi) is 3.18. The number of carbonyl (C=O) groups is 1. The van der Waals surface area contributed by atoms with Crippen LogP contribution in [0.2, 0.25) is 0 Å². The summed E-state index contributed by atoms with van der Waals surface area (Å²) in [5.74, 6) is 0.184. The van der Waals surface area contributed by atoms with Crippen LogP contribution in [0.5, 0.6) is 0 Å². The van der Waals surface area contributed by atoms with Gasteiger partial charge in [-0.15, -0.1) is 0 Å². The van der Waals surface area contributed by atoms with E-state index in [0.717, 1.165) is 5.69 Å². The van der Waals surface area contributed by atoms with Crippen molar-refractivity contribution in [3.05, 3.63) is 35.8 Å². The Hall–Kier alpha value is -2.17. The molecule has 0 aliphatic heterocycles. The fourth-order valence-electron chi connectivity index (χ4n) is 1.48. The van der Waals surface area contributed by atoms with Gasteiger partial charge in [0.05, 0.1) is 23.6 Å². The maximum absolute atomic E-state index is 11.6. The molecule has 0 aromatic carbocycles. The molecule has 5 nitrogen and oxygen atoms in total. The molecule has 0 bridgehead atoms. The highest BCUT2D eigenvalue weighted by Gasteiger charge is 2.13. The number of carbonyl (C=O) groups excluding carboxylic acids is 1. The van der Waals surface area contributed by atoms with Crippen LogP contribution in [-0.4, -0.2) is 27.5 Å². The first-order valence-corrected chi connectivity index (χ1v) is 5.37. The molecule has 2 heterocycles. The van der Waals surface area contributed by atoms with Crippen LogP contribution >= 0.6 is 0 Å². The number of esters is 1. The van der Waals surface area contributed by atoms with Crippen molar-refractivity contribution in [2.45, 2.75) is 13.8 Å². The highest BCUT2D eigenvalue weighted by atomic mass is 16.5. The summed E-state index contributed by atoms with van der Waals surface area (Å²) >= 11 is 0. The molecule has 17 heavy (non-hydrogen) atoms. The molecule has 0 aliphatic rings. The topological polar surface area (TPSA) is 67.9 Å². The third-order valence-electron chi connectivity index (χ3n) is 2.31. The van der Waals surface area contributed by atoms with Crippen molar-refractivity contribution in [3.63, 3.8) is 0 Å². The molecule has 5 heteroatoms. The zero-order chi connectivity index (χ0) is 12.3. The minimum absolute atomic E-state index is 0.344. The molecule has 0 spiro atoms. The van der Waals surface area contributed by atoms with E-state index in [4.69, 9.17) is 4.74 Å². The number of aryl methyl sites for hydroxylation is 1. The summed E-state index contributed by atoms with van der Waals surface area (Å²) in [6.07, 6.45) is 3.30. The second kappa shape index (κ2) is 4.78. The molecular formula is C12H13N3O2. The number of rotatable bonds is 3. The van der Waals surface area contributed by atoms with Gasteiger partial charge in [-0.25, -0.2) is 14.8 Å². The van der Waals surface area contributed by atoms with Crippen LogP contribution in [0.15, 0.2) is 24.5 Å². The zero-order valence-corrected chi connectivity index (χ0v) is 9.73. The number of nitrogens with one attached hydrogen (secondary N) is 1. The summed E-state index contributed by atoms with van der Waals surface area (Å²) in [6, 6.07) is 3.74. The second-order valence-corrected chi connectivity index (χ2v) is 3.50. The number of ether oxygens (including phenoxy) is 1. The average molecular weight is 231 g/mol. The predicted octanol–water partition coefficient (Wildman–Crippen LogP) is 1.96. The van der Waals surface area contributed by atoms with Gasteiger partial charge in [-0.3, -0.25) is 0 Å². The van der Waals surface area contributed by atoms with Crippen LogP contribution in [0.1, 0.15) is 23.0 Å². The van der Waals surface area contributed by atoms with E-state index in [9.17, 15) is 4.79 Å². The third kappa shape index (κ3) is 2.33. The molecule has 0 atom stereocenters. The monoisotopic (exact) mass is 231 g/mol. The first-order valence-electron chi connectivity index (χ1n) is 5.37. The Morgan fingerprint density at radius 2 is 2.35 bits per heavy atom. The van der Waals surface area contributed by atoms with Gasteiger partial charge in [0.25, 0.3) is 0 Å². The van der Waals surface area contributed by atoms with E-state index in [1.165, 1.54) is 6.20 Å². The lowest BCUT2D eigenvalue weighted by molar-refractivity contribution is 0.0524. The minimum Gasteiger partial charge on any atom is -0.462 e. The fraction of sp³-hybridized carbons (Fsp3) is 0.250. The molecule has 2 rings (SSSR count). The molecule has 0 saturated carbocycles. The van der Waals surface area contributed by atoms with Crippen molar-refractivity contribution >= 4 is 5.97 Å². The number of aromatic nitrogens is 3. The Morgan fingerprint density at radius 1 is 1.53 bits per heavy atom. The van der Waals surface area contributed by atoms with E-state index < -0.39 is 0 Å². The van der Waals surface area contributed by atoms with Crippen molar-refractivity contribution in [1.82, 2.24) is 15.0 Å². The lowest BCUT2D eigenvalue weighted by Gasteiger charge is -2.05. The highest BCUT2D eigenvalue weighted by Crippen LogP contribution is 2.14. The summed E-state index contributed by atoms with van der Waals surface area (Å²) in [4.78, 5) is 23.0. The van der Waals surface area contributed by atoms with Crippen molar-refractivity contribution in [1.29, 1.82) is 0 Å². The Morgan fingerprint density at radius 3 is 2.94 bits per heavy atom. The molecule has 1 N–H and O–H groups in total. The first-order chi connectivity index (χ1) is 8.22. The van der Waals surface area contributed by atoms with Gasteiger partial charge in [0.1, 0.15) is 0 Å². The number of hydrogen-bond donors (Lipinski definition) is 1. The first kappa shape index (κ1) is 11.3. The molecule has 2 aromatic rings. The summed E-state index contributed by atoms with van der Waals surface area (Å²) in [5.41, 5.74) is 1.84. The Labute approximate surface area is 98.9 Å². The highest BCUT2D eigenvalue weighted by molar-refractivity contribution is 5.90. The van der Waals surface area contributed by atoms with E-state index in [1.54, 1.807) is 20.0 Å². The maximum atomic E-state index is 11.6. The van der Waals surface area contributed by atoms with Crippen LogP contribution in [0.3, 0.4) is 0 Å². The zero-order valence-electron chi connectivity index (χ0n) is 9.73. The van der Waals surface area contributed by atoms with Gasteiger partial charge in [0.2, 0.25) is 0 Å². The molecule has 0 unspecified atom stereocenters. The minimum atomic E-state index is -0.386. The summed E-state index contributed by atoms with van der Waals surface area (Å²) < 4.78 is 4.91. The van der Waals surface area contributed by atoms with Gasteiger partial charge in [0, 0.05) is 12.4 Å². The standard InChI is InChI=1S/C12H13N3O2/c1-3-17-12(16)9-7-14-11(15-8(9)2)10-5-4-6-13-10/h4-7,13H,3H2,1-2H3. The van der Waals surface area contributed by atoms with E-state index in [-0.39, 0.29) is 5.97 Å². The molecule has 0 saturated heterocycles. The second-order valence-electron chi connectivity index (χ2n) is 3.50. The lowest BCUT2D eigenvalue weighted by Crippen LogP contribution is -2.09. The molecule has 0 fully saturated rings. The summed E-state index contributed by atoms with van der Waals surface area (Å²) in [5, 5.41) is 0. The maximum Gasteiger partial charge on any atom is 0.341 e. The Balaban J connectivity index is 2.32. The Bertz CT molecular complexity index is 521. The molecule has 2 aromatic heterocycles. The number of H-pyrrole nitrogens is 1. The van der Waals surface area contributed by atoms with Crippen LogP contribution < -0.4 is 0 Å². The smallest absolute Gasteiger partial charge is 0.341 e. The van der Waals surface area contributed by atoms with E-state index in [1.807, 2.05) is 12.1 Å². The van der Waals surface area contributed by atoms with Crippen molar-refractivity contribution < 1.29 is 9.53 Å². The van der Waals surface area contributed by atoms with Crippen LogP contribution in [0.4, 0.5) is 0 Å². The number of nitrogens with zero attached hydrogens (tertiary/aromatic N) is 2. The normalized spacial score (nSPS) is 10.2. The van der Waals surface area contributed by atoms with Crippen LogP contribution in [0, 0.1) is 6.92 Å². The van der Waals surface area contributed by atoms with Crippen molar-refractivity contribution in [2.24, 2.45) is 0 Å². The van der Waals surface area contributed by atoms with Crippen molar-refractivity contribution in [3.8, 4) is 11.5 Å². The summed E-state index contributed by atoms with van der Waals surface area (Å²) in [6.45, 7) is 3.87. The van der Waals surface area contributed by atoms with Gasteiger partial charge >= 0.3 is 5.97 Å². The van der Waals surface area contributed by atoms with Gasteiger partial charge in [0.15, 0.2) is 5.82 Å². The number of hydrogen-bond acceptors (Lipinski definition) is 4. The molecule has 0 amide bonds. The largest absolute Gasteiger partial charge is 0.462 e. The number of aromatic amines is 1. The summed E-state index contributed by atoms with van der Waals surface area (Å²) in [7, 11) is 0. The van der Waals surface area contributed by atoms with Gasteiger partial charge in [-0.1, -0.05) is 0 Å². The van der Waals surface area contributed by atoms with Crippen molar-refractivity contribution in [2.75, 3.05) is 6.61 Å². The lowest BCUT2D eigenvalue weighted by atomic mass is 10.2. The third-order valence-corrected chi connectivity index (χ3v) is 2.31. The van der Waals surface area contributed by atoms with Gasteiger partial charge < -0.3 is 9.72 Å². The molecular weight excluding hydrogens is 218 g/mol. The quantitative estimate of drug-likeness (QED) is 0.820. The molecule has 0 radical (unpaired) electrons. The fourth-order valence-corrected chi connectivity index (χ4v) is 1.48. The van der Waals surface area contributed by atoms with E-state index >= 15 is 0 Å². The molecule has 0 aliphatic carbocycles. The average Bonchev–Trinajstić information content (AvgIpc) is 2.82. The van der Waals surface area contributed by atoms with Gasteiger partial charge in [-0.05, 0) is 26.0 Å². The SMILES string of the molecule is CCOC(=O)c1cnc(-c2ccc[nH]2)nc1C. The van der Waals surface area contributed by atoms with Gasteiger partial charge in [-0.2, -0.15) is 0 Å². The molecule has 88 valence electrons. The van der Waals surface area contributed by atoms with E-state index in [2.05, 4.69) is 15.0 Å². The van der Waals surface area contributed by atoms with Crippen LogP contribution in [0.25, 0.3) is 11.5 Å². The predicted molar refractivity (Wildman–Crippen MR) is 62.5 cm³/mol.